The van der Waals surface area contributed by atoms with Gasteiger partial charge < -0.3 is 39.0 Å². The summed E-state index contributed by atoms with van der Waals surface area (Å²) in [5.41, 5.74) is -4.23. The van der Waals surface area contributed by atoms with Gasteiger partial charge in [0.15, 0.2) is 5.60 Å². The number of hydrogen-bond donors (Lipinski definition) is 3. The molecule has 228 valence electrons. The lowest BCUT2D eigenvalue weighted by atomic mass is 9.52. The highest BCUT2D eigenvalue weighted by molar-refractivity contribution is 5.89. The molecule has 3 N–H and O–H groups in total. The Kier molecular flexibility index (Phi) is 5.54. The maximum absolute atomic E-state index is 13.7. The van der Waals surface area contributed by atoms with Gasteiger partial charge in [0.25, 0.3) is 0 Å². The molecule has 9 heteroatoms. The molecule has 1 unspecified atom stereocenters. The Morgan fingerprint density at radius 3 is 2.28 bits per heavy atom. The molecule has 0 aromatic heterocycles. The van der Waals surface area contributed by atoms with Crippen LogP contribution in [0.25, 0.3) is 0 Å². The number of carbonyl (C=O) groups excluding carboxylic acids is 1. The largest absolute Gasteiger partial charge is 0.455 e. The predicted molar refractivity (Wildman–Crippen MR) is 151 cm³/mol. The van der Waals surface area contributed by atoms with Gasteiger partial charge in [0.1, 0.15) is 29.5 Å². The fourth-order valence-corrected chi connectivity index (χ4v) is 9.67. The number of benzene rings is 2. The first-order chi connectivity index (χ1) is 20.4. The molecule has 0 radical (unpaired) electrons. The van der Waals surface area contributed by atoms with Crippen molar-refractivity contribution in [3.8, 4) is 0 Å². The second kappa shape index (κ2) is 8.54. The van der Waals surface area contributed by atoms with Crippen molar-refractivity contribution in [1.29, 1.82) is 0 Å². The molecule has 6 fully saturated rings. The molecule has 14 atom stereocenters. The van der Waals surface area contributed by atoms with E-state index in [1.54, 1.807) is 31.2 Å². The van der Waals surface area contributed by atoms with E-state index in [0.29, 0.717) is 23.1 Å². The number of esters is 1. The number of aliphatic hydroxyl groups is 3. The van der Waals surface area contributed by atoms with Gasteiger partial charge in [0, 0.05) is 23.3 Å². The highest BCUT2D eigenvalue weighted by atomic mass is 16.9. The number of aliphatic hydroxyl groups excluding tert-OH is 2. The van der Waals surface area contributed by atoms with Crippen molar-refractivity contribution in [3.05, 3.63) is 83.9 Å². The van der Waals surface area contributed by atoms with E-state index in [0.717, 1.165) is 0 Å². The number of ether oxygens (including phenoxy) is 5. The van der Waals surface area contributed by atoms with E-state index >= 15 is 0 Å². The van der Waals surface area contributed by atoms with E-state index in [2.05, 4.69) is 6.58 Å². The third-order valence-electron chi connectivity index (χ3n) is 11.7. The van der Waals surface area contributed by atoms with E-state index < -0.39 is 82.6 Å². The van der Waals surface area contributed by atoms with Crippen LogP contribution in [0.2, 0.25) is 0 Å². The average molecular weight is 591 g/mol. The minimum Gasteiger partial charge on any atom is -0.455 e. The van der Waals surface area contributed by atoms with Crippen molar-refractivity contribution in [1.82, 2.24) is 0 Å². The van der Waals surface area contributed by atoms with Crippen molar-refractivity contribution in [2.75, 3.05) is 0 Å². The highest BCUT2D eigenvalue weighted by Gasteiger charge is 2.90. The van der Waals surface area contributed by atoms with E-state index in [4.69, 9.17) is 23.7 Å². The zero-order chi connectivity index (χ0) is 30.3. The van der Waals surface area contributed by atoms with Crippen LogP contribution < -0.4 is 0 Å². The molecular weight excluding hydrogens is 552 g/mol. The number of epoxide rings is 1. The Morgan fingerprint density at radius 2 is 1.63 bits per heavy atom. The van der Waals surface area contributed by atoms with Crippen LogP contribution in [0.4, 0.5) is 0 Å². The molecule has 9 nitrogen and oxygen atoms in total. The van der Waals surface area contributed by atoms with Crippen molar-refractivity contribution < 1.29 is 43.8 Å². The van der Waals surface area contributed by atoms with E-state index in [9.17, 15) is 20.1 Å². The van der Waals surface area contributed by atoms with Crippen LogP contribution in [0.5, 0.6) is 0 Å². The first kappa shape index (κ1) is 27.9. The number of fused-ring (bicyclic) bond motifs is 3. The maximum Gasteiger partial charge on any atom is 0.338 e. The molecule has 3 bridgehead atoms. The Bertz CT molecular complexity index is 1500. The first-order valence-electron chi connectivity index (χ1n) is 15.2. The van der Waals surface area contributed by atoms with Crippen LogP contribution in [0.1, 0.15) is 50.0 Å². The zero-order valence-corrected chi connectivity index (χ0v) is 24.7. The van der Waals surface area contributed by atoms with Gasteiger partial charge in [-0.15, -0.1) is 0 Å². The molecule has 6 aliphatic rings. The van der Waals surface area contributed by atoms with Crippen LogP contribution in [0.3, 0.4) is 0 Å². The molecule has 8 rings (SSSR count). The van der Waals surface area contributed by atoms with Gasteiger partial charge in [-0.25, -0.2) is 4.79 Å². The monoisotopic (exact) mass is 590 g/mol. The van der Waals surface area contributed by atoms with Gasteiger partial charge in [0.2, 0.25) is 0 Å². The standard InChI is InChI=1S/C34H38O9/c1-17(2)32-25(39-28(36)20-12-8-6-9-13-20)19(4)33-22-16-18(3)24(35)31(22,38)29(37)30(5)26(40-30)23(33)27(32)41-34(42-32,43-33)21-14-10-7-11-15-21/h6-15,18-19,22-27,29,35,37-38H,1,16H2,2-5H3/t18-,19+,22+,23-,24-,25-,26-,27+,29+,30-,31+,32-,33-,34?/m0/s1. The van der Waals surface area contributed by atoms with Crippen LogP contribution in [-0.4, -0.2) is 74.2 Å². The minimum absolute atomic E-state index is 0.357. The maximum atomic E-state index is 13.7. The molecule has 3 heterocycles. The summed E-state index contributed by atoms with van der Waals surface area (Å²) in [6, 6.07) is 18.0. The normalized spacial score (nSPS) is 52.0. The van der Waals surface area contributed by atoms with E-state index in [1.807, 2.05) is 57.2 Å². The van der Waals surface area contributed by atoms with Crippen molar-refractivity contribution in [2.45, 2.75) is 93.0 Å². The van der Waals surface area contributed by atoms with Crippen molar-refractivity contribution in [2.24, 2.45) is 23.7 Å². The Morgan fingerprint density at radius 1 is 0.977 bits per heavy atom. The second-order valence-corrected chi connectivity index (χ2v) is 13.8. The molecule has 2 aromatic carbocycles. The lowest BCUT2D eigenvalue weighted by molar-refractivity contribution is -0.444. The molecular formula is C34H38O9. The summed E-state index contributed by atoms with van der Waals surface area (Å²) in [5.74, 6) is -4.57. The number of hydrogen-bond acceptors (Lipinski definition) is 9. The summed E-state index contributed by atoms with van der Waals surface area (Å²) in [5, 5.41) is 35.9. The second-order valence-electron chi connectivity index (χ2n) is 13.8. The predicted octanol–water partition coefficient (Wildman–Crippen LogP) is 3.07. The summed E-state index contributed by atoms with van der Waals surface area (Å²) >= 11 is 0. The Balaban J connectivity index is 1.39. The van der Waals surface area contributed by atoms with Gasteiger partial charge in [-0.05, 0) is 43.9 Å². The van der Waals surface area contributed by atoms with E-state index in [1.165, 1.54) is 0 Å². The smallest absolute Gasteiger partial charge is 0.338 e. The third-order valence-corrected chi connectivity index (χ3v) is 11.7. The van der Waals surface area contributed by atoms with E-state index in [-0.39, 0.29) is 5.92 Å². The molecule has 0 spiro atoms. The van der Waals surface area contributed by atoms with Gasteiger partial charge >= 0.3 is 11.9 Å². The quantitative estimate of drug-likeness (QED) is 0.280. The fraction of sp³-hybridized carbons (Fsp3) is 0.559. The molecule has 0 amide bonds. The fourth-order valence-electron chi connectivity index (χ4n) is 9.67. The summed E-state index contributed by atoms with van der Waals surface area (Å²) in [6.07, 6.45) is -4.61. The Hall–Kier alpha value is -2.63. The van der Waals surface area contributed by atoms with Crippen molar-refractivity contribution >= 4 is 5.97 Å². The van der Waals surface area contributed by atoms with Gasteiger partial charge in [-0.3, -0.25) is 0 Å². The van der Waals surface area contributed by atoms with Gasteiger partial charge in [-0.2, -0.15) is 0 Å². The summed E-state index contributed by atoms with van der Waals surface area (Å²) in [4.78, 5) is 13.7. The molecule has 3 saturated heterocycles. The highest BCUT2D eigenvalue weighted by Crippen LogP contribution is 2.75. The lowest BCUT2D eigenvalue weighted by Gasteiger charge is -2.62. The summed E-state index contributed by atoms with van der Waals surface area (Å²) in [7, 11) is 0. The van der Waals surface area contributed by atoms with Crippen LogP contribution in [0, 0.1) is 23.7 Å². The molecule has 43 heavy (non-hydrogen) atoms. The molecule has 2 aromatic rings. The number of rotatable bonds is 4. The Labute approximate surface area is 250 Å². The molecule has 3 saturated carbocycles. The lowest BCUT2D eigenvalue weighted by Crippen LogP contribution is -2.76. The van der Waals surface area contributed by atoms with Gasteiger partial charge in [-0.1, -0.05) is 69.0 Å². The molecule has 3 aliphatic carbocycles. The SMILES string of the molecule is C=C(C)[C@@]12OC3(c4ccccc4)O[C@@H]1[C@@H]1[C@@H]4O[C@]4(C)[C@@H](O)[C@@]4(O)[C@@H](C[C@H](C)[C@@H]4O)[C@@]1(O3)[C@H](C)[C@@H]2OC(=O)c1ccccc1. The van der Waals surface area contributed by atoms with Crippen LogP contribution >= 0.6 is 0 Å². The topological polar surface area (TPSA) is 127 Å². The van der Waals surface area contributed by atoms with Crippen LogP contribution in [0.15, 0.2) is 72.8 Å². The first-order valence-corrected chi connectivity index (χ1v) is 15.2. The molecule has 3 aliphatic heterocycles. The summed E-state index contributed by atoms with van der Waals surface area (Å²) < 4.78 is 33.9. The van der Waals surface area contributed by atoms with Gasteiger partial charge in [0.05, 0.1) is 23.4 Å². The number of carbonyl (C=O) groups is 1. The average Bonchev–Trinajstić information content (AvgIpc) is 3.55. The minimum atomic E-state index is -1.97. The third kappa shape index (κ3) is 3.09. The van der Waals surface area contributed by atoms with Crippen molar-refractivity contribution in [3.63, 3.8) is 0 Å². The zero-order valence-electron chi connectivity index (χ0n) is 24.7. The summed E-state index contributed by atoms with van der Waals surface area (Å²) in [6.45, 7) is 11.8. The van der Waals surface area contributed by atoms with Crippen LogP contribution in [-0.2, 0) is 29.7 Å².